The minimum Gasteiger partial charge on any atom is -0.338 e. The minimum absolute atomic E-state index is 0.779. The molecule has 0 amide bonds. The molecule has 2 aromatic heterocycles. The molecule has 0 bridgehead atoms. The van der Waals surface area contributed by atoms with E-state index in [1.165, 1.54) is 0 Å². The molecule has 1 aromatic carbocycles. The largest absolute Gasteiger partial charge is 0.338 e. The van der Waals surface area contributed by atoms with E-state index in [1.807, 2.05) is 30.3 Å². The first-order chi connectivity index (χ1) is 13.2. The van der Waals surface area contributed by atoms with Gasteiger partial charge in [0, 0.05) is 55.2 Å². The topological polar surface area (TPSA) is 64.2 Å². The molecule has 7 heteroatoms. The Kier molecular flexibility index (Phi) is 4.77. The molecule has 0 radical (unpaired) electrons. The van der Waals surface area contributed by atoms with E-state index in [4.69, 9.17) is 4.98 Å². The van der Waals surface area contributed by atoms with Crippen molar-refractivity contribution in [2.75, 3.05) is 42.5 Å². The molecule has 1 aliphatic heterocycles. The third kappa shape index (κ3) is 3.38. The normalized spacial score (nSPS) is 15.3. The van der Waals surface area contributed by atoms with E-state index >= 15 is 0 Å². The van der Waals surface area contributed by atoms with Crippen LogP contribution in [0.25, 0.3) is 10.9 Å². The highest BCUT2D eigenvalue weighted by Crippen LogP contribution is 2.30. The van der Waals surface area contributed by atoms with Gasteiger partial charge in [-0.15, -0.1) is 0 Å². The number of aryl methyl sites for hydroxylation is 1. The molecule has 140 valence electrons. The van der Waals surface area contributed by atoms with Crippen LogP contribution in [0.2, 0.25) is 0 Å². The Labute approximate surface area is 159 Å². The number of likely N-dealkylation sites (N-methyl/N-ethyl adjacent to an activating group) is 1. The highest BCUT2D eigenvalue weighted by molar-refractivity contribution is 5.83. The Hall–Kier alpha value is -2.93. The van der Waals surface area contributed by atoms with E-state index in [2.05, 4.69) is 50.6 Å². The number of H-pyrrole nitrogens is 1. The zero-order valence-electron chi connectivity index (χ0n) is 15.9. The van der Waals surface area contributed by atoms with Crippen LogP contribution in [0.3, 0.4) is 0 Å². The summed E-state index contributed by atoms with van der Waals surface area (Å²) in [4.78, 5) is 16.2. The van der Waals surface area contributed by atoms with Crippen molar-refractivity contribution in [2.24, 2.45) is 0 Å². The maximum absolute atomic E-state index is 4.89. The number of piperazine rings is 1. The molecule has 0 aliphatic carbocycles. The van der Waals surface area contributed by atoms with Gasteiger partial charge in [-0.05, 0) is 31.7 Å². The van der Waals surface area contributed by atoms with Crippen LogP contribution >= 0.6 is 0 Å². The second kappa shape index (κ2) is 7.36. The summed E-state index contributed by atoms with van der Waals surface area (Å²) in [5.41, 5.74) is 2.99. The summed E-state index contributed by atoms with van der Waals surface area (Å²) >= 11 is 0. The third-order valence-corrected chi connectivity index (χ3v) is 5.15. The summed E-state index contributed by atoms with van der Waals surface area (Å²) in [5, 5.41) is 8.20. The van der Waals surface area contributed by atoms with Gasteiger partial charge in [0.1, 0.15) is 5.82 Å². The van der Waals surface area contributed by atoms with E-state index in [9.17, 15) is 0 Å². The smallest absolute Gasteiger partial charge is 0.227 e. The van der Waals surface area contributed by atoms with Crippen LogP contribution in [-0.2, 0) is 0 Å². The first-order valence-corrected chi connectivity index (χ1v) is 9.35. The van der Waals surface area contributed by atoms with Crippen molar-refractivity contribution in [1.82, 2.24) is 25.1 Å². The van der Waals surface area contributed by atoms with Crippen molar-refractivity contribution >= 4 is 28.4 Å². The summed E-state index contributed by atoms with van der Waals surface area (Å²) in [7, 11) is 0. The Morgan fingerprint density at radius 2 is 2.04 bits per heavy atom. The molecule has 0 spiro atoms. The van der Waals surface area contributed by atoms with Crippen molar-refractivity contribution in [3.8, 4) is 0 Å². The number of aromatic nitrogens is 4. The minimum atomic E-state index is 0.779. The lowest BCUT2D eigenvalue weighted by molar-refractivity contribution is 0.270. The molecule has 3 aromatic rings. The lowest BCUT2D eigenvalue weighted by Crippen LogP contribution is -2.46. The van der Waals surface area contributed by atoms with Crippen LogP contribution in [0.1, 0.15) is 12.5 Å². The fourth-order valence-electron chi connectivity index (χ4n) is 3.47. The van der Waals surface area contributed by atoms with Crippen molar-refractivity contribution < 1.29 is 0 Å². The Balaban J connectivity index is 1.65. The number of hydrogen-bond donors (Lipinski definition) is 1. The molecule has 4 rings (SSSR count). The quantitative estimate of drug-likeness (QED) is 0.752. The van der Waals surface area contributed by atoms with Crippen LogP contribution < -0.4 is 9.80 Å². The average molecular weight is 363 g/mol. The van der Waals surface area contributed by atoms with Gasteiger partial charge in [-0.3, -0.25) is 5.10 Å². The molecule has 7 nitrogen and oxygen atoms in total. The lowest BCUT2D eigenvalue weighted by atomic mass is 10.2. The molecule has 1 saturated heterocycles. The predicted molar refractivity (Wildman–Crippen MR) is 110 cm³/mol. The second-order valence-corrected chi connectivity index (χ2v) is 6.79. The number of nitrogens with zero attached hydrogens (tertiary/aromatic N) is 6. The second-order valence-electron chi connectivity index (χ2n) is 6.79. The average Bonchev–Trinajstić information content (AvgIpc) is 3.18. The highest BCUT2D eigenvalue weighted by atomic mass is 15.3. The van der Waals surface area contributed by atoms with Crippen LogP contribution in [0.5, 0.6) is 0 Å². The number of benzene rings is 1. The van der Waals surface area contributed by atoms with Crippen LogP contribution in [0.4, 0.5) is 17.5 Å². The van der Waals surface area contributed by atoms with Crippen molar-refractivity contribution in [3.63, 3.8) is 0 Å². The summed E-state index contributed by atoms with van der Waals surface area (Å²) in [6, 6.07) is 6.16. The van der Waals surface area contributed by atoms with Crippen molar-refractivity contribution in [1.29, 1.82) is 0 Å². The number of fused-ring (bicyclic) bond motifs is 1. The zero-order chi connectivity index (χ0) is 18.8. The summed E-state index contributed by atoms with van der Waals surface area (Å²) in [6.45, 7) is 13.3. The van der Waals surface area contributed by atoms with E-state index in [-0.39, 0.29) is 0 Å². The first kappa shape index (κ1) is 17.5. The molecule has 0 unspecified atom stereocenters. The summed E-state index contributed by atoms with van der Waals surface area (Å²) in [5.74, 6) is 1.63. The SMILES string of the molecule is C=CN(c1ccc2cn[nH]c2c1)c1nc(N2CCN(CC)CC2)ncc1C. The molecule has 0 atom stereocenters. The zero-order valence-corrected chi connectivity index (χ0v) is 15.9. The Bertz CT molecular complexity index is 940. The van der Waals surface area contributed by atoms with Gasteiger partial charge in [0.05, 0.1) is 11.7 Å². The molecular formula is C20H25N7. The monoisotopic (exact) mass is 363 g/mol. The fraction of sp³-hybridized carbons (Fsp3) is 0.350. The maximum atomic E-state index is 4.89. The molecule has 3 heterocycles. The van der Waals surface area contributed by atoms with Gasteiger partial charge in [0.15, 0.2) is 0 Å². The number of anilines is 3. The van der Waals surface area contributed by atoms with Gasteiger partial charge in [-0.2, -0.15) is 10.1 Å². The molecule has 1 aliphatic rings. The first-order valence-electron chi connectivity index (χ1n) is 9.35. The highest BCUT2D eigenvalue weighted by Gasteiger charge is 2.20. The number of nitrogens with one attached hydrogen (secondary N) is 1. The van der Waals surface area contributed by atoms with Gasteiger partial charge in [0.25, 0.3) is 0 Å². The van der Waals surface area contributed by atoms with Crippen molar-refractivity contribution in [3.05, 3.63) is 48.9 Å². The van der Waals surface area contributed by atoms with E-state index in [1.54, 1.807) is 6.20 Å². The number of aromatic amines is 1. The molecular weight excluding hydrogens is 338 g/mol. The van der Waals surface area contributed by atoms with Gasteiger partial charge in [-0.1, -0.05) is 13.5 Å². The van der Waals surface area contributed by atoms with Crippen LogP contribution in [0, 0.1) is 6.92 Å². The standard InChI is InChI=1S/C20H25N7/c1-4-25-8-10-26(11-9-25)20-21-13-15(3)19(23-20)27(5-2)17-7-6-16-14-22-24-18(16)12-17/h5-7,12-14H,2,4,8-11H2,1,3H3,(H,22,24). The third-order valence-electron chi connectivity index (χ3n) is 5.15. The van der Waals surface area contributed by atoms with Gasteiger partial charge < -0.3 is 14.7 Å². The summed E-state index contributed by atoms with van der Waals surface area (Å²) < 4.78 is 0. The predicted octanol–water partition coefficient (Wildman–Crippen LogP) is 3.08. The van der Waals surface area contributed by atoms with Crippen LogP contribution in [-0.4, -0.2) is 57.8 Å². The molecule has 0 saturated carbocycles. The van der Waals surface area contributed by atoms with Crippen molar-refractivity contribution in [2.45, 2.75) is 13.8 Å². The maximum Gasteiger partial charge on any atom is 0.227 e. The van der Waals surface area contributed by atoms with Gasteiger partial charge >= 0.3 is 0 Å². The fourth-order valence-corrected chi connectivity index (χ4v) is 3.47. The molecule has 1 fully saturated rings. The van der Waals surface area contributed by atoms with E-state index < -0.39 is 0 Å². The molecule has 27 heavy (non-hydrogen) atoms. The van der Waals surface area contributed by atoms with E-state index in [0.717, 1.165) is 66.6 Å². The Morgan fingerprint density at radius 1 is 1.22 bits per heavy atom. The Morgan fingerprint density at radius 3 is 2.78 bits per heavy atom. The van der Waals surface area contributed by atoms with Crippen LogP contribution in [0.15, 0.2) is 43.4 Å². The number of rotatable bonds is 5. The molecule has 1 N–H and O–H groups in total. The number of hydrogen-bond acceptors (Lipinski definition) is 6. The van der Waals surface area contributed by atoms with Gasteiger partial charge in [-0.25, -0.2) is 4.98 Å². The lowest BCUT2D eigenvalue weighted by Gasteiger charge is -2.34. The summed E-state index contributed by atoms with van der Waals surface area (Å²) in [6.07, 6.45) is 5.52. The van der Waals surface area contributed by atoms with Gasteiger partial charge in [0.2, 0.25) is 5.95 Å². The van der Waals surface area contributed by atoms with E-state index in [0.29, 0.717) is 0 Å².